The molecular weight excluding hydrogens is 363 g/mol. The maximum Gasteiger partial charge on any atom is 0.133 e. The van der Waals surface area contributed by atoms with Gasteiger partial charge in [0.2, 0.25) is 0 Å². The molecule has 2 aromatic carbocycles. The van der Waals surface area contributed by atoms with Crippen molar-refractivity contribution in [2.24, 2.45) is 0 Å². The maximum absolute atomic E-state index is 6.55. The fourth-order valence-corrected chi connectivity index (χ4v) is 2.95. The van der Waals surface area contributed by atoms with Gasteiger partial charge in [0.1, 0.15) is 11.5 Å². The van der Waals surface area contributed by atoms with Gasteiger partial charge in [0, 0.05) is 10.6 Å². The molecule has 1 atom stereocenters. The smallest absolute Gasteiger partial charge is 0.133 e. The van der Waals surface area contributed by atoms with Crippen molar-refractivity contribution in [1.29, 1.82) is 0 Å². The van der Waals surface area contributed by atoms with E-state index in [1.165, 1.54) is 0 Å². The van der Waals surface area contributed by atoms with Crippen LogP contribution in [-0.4, -0.2) is 14.2 Å². The van der Waals surface area contributed by atoms with Gasteiger partial charge in [0.15, 0.2) is 0 Å². The second kappa shape index (κ2) is 6.70. The molecule has 20 heavy (non-hydrogen) atoms. The third-order valence-corrected chi connectivity index (χ3v) is 4.28. The van der Waals surface area contributed by atoms with Crippen LogP contribution in [0.4, 0.5) is 0 Å². The summed E-state index contributed by atoms with van der Waals surface area (Å²) in [7, 11) is 3.23. The molecular formula is C15H13BrCl2O2. The number of halogens is 3. The van der Waals surface area contributed by atoms with Crippen LogP contribution in [0, 0.1) is 0 Å². The van der Waals surface area contributed by atoms with E-state index in [-0.39, 0.29) is 5.38 Å². The zero-order valence-electron chi connectivity index (χ0n) is 11.0. The van der Waals surface area contributed by atoms with Crippen LogP contribution < -0.4 is 9.47 Å². The highest BCUT2D eigenvalue weighted by Crippen LogP contribution is 2.38. The van der Waals surface area contributed by atoms with Crippen LogP contribution in [0.1, 0.15) is 16.5 Å². The predicted molar refractivity (Wildman–Crippen MR) is 86.4 cm³/mol. The normalized spacial score (nSPS) is 12.1. The summed E-state index contributed by atoms with van der Waals surface area (Å²) in [6.45, 7) is 0. The van der Waals surface area contributed by atoms with Crippen molar-refractivity contribution in [3.05, 3.63) is 57.0 Å². The summed E-state index contributed by atoms with van der Waals surface area (Å²) in [6.07, 6.45) is 0. The minimum atomic E-state index is -0.329. The van der Waals surface area contributed by atoms with E-state index < -0.39 is 0 Å². The molecule has 0 heterocycles. The SMILES string of the molecule is COc1ccc(C(Cl)c2ccc(Cl)cc2OC)cc1Br. The Kier molecular flexibility index (Phi) is 5.19. The molecule has 2 aromatic rings. The lowest BCUT2D eigenvalue weighted by Gasteiger charge is -2.15. The monoisotopic (exact) mass is 374 g/mol. The lowest BCUT2D eigenvalue weighted by atomic mass is 10.0. The molecule has 2 nitrogen and oxygen atoms in total. The third-order valence-electron chi connectivity index (χ3n) is 2.94. The van der Waals surface area contributed by atoms with Crippen molar-refractivity contribution >= 4 is 39.1 Å². The molecule has 1 unspecified atom stereocenters. The summed E-state index contributed by atoms with van der Waals surface area (Å²) in [4.78, 5) is 0. The molecule has 0 saturated heterocycles. The average molecular weight is 376 g/mol. The fourth-order valence-electron chi connectivity index (χ4n) is 1.91. The van der Waals surface area contributed by atoms with Gasteiger partial charge in [-0.1, -0.05) is 23.7 Å². The molecule has 2 rings (SSSR count). The number of alkyl halides is 1. The van der Waals surface area contributed by atoms with Crippen molar-refractivity contribution in [2.75, 3.05) is 14.2 Å². The van der Waals surface area contributed by atoms with Crippen LogP contribution >= 0.6 is 39.1 Å². The summed E-state index contributed by atoms with van der Waals surface area (Å²) >= 11 is 16.0. The molecule has 0 aliphatic carbocycles. The minimum Gasteiger partial charge on any atom is -0.496 e. The summed E-state index contributed by atoms with van der Waals surface area (Å²) in [5.41, 5.74) is 1.82. The number of benzene rings is 2. The van der Waals surface area contributed by atoms with Crippen LogP contribution in [0.15, 0.2) is 40.9 Å². The highest BCUT2D eigenvalue weighted by atomic mass is 79.9. The lowest BCUT2D eigenvalue weighted by molar-refractivity contribution is 0.409. The van der Waals surface area contributed by atoms with Gasteiger partial charge in [0.25, 0.3) is 0 Å². The summed E-state index contributed by atoms with van der Waals surface area (Å²) in [5, 5.41) is 0.287. The molecule has 0 spiro atoms. The molecule has 0 saturated carbocycles. The standard InChI is InChI=1S/C15H13BrCl2O2/c1-19-13-6-3-9(7-12(13)16)15(18)11-5-4-10(17)8-14(11)20-2/h3-8,15H,1-2H3. The third kappa shape index (κ3) is 3.22. The van der Waals surface area contributed by atoms with Crippen LogP contribution in [-0.2, 0) is 0 Å². The predicted octanol–water partition coefficient (Wildman–Crippen LogP) is 5.45. The van der Waals surface area contributed by atoms with Crippen molar-refractivity contribution in [3.8, 4) is 11.5 Å². The number of rotatable bonds is 4. The molecule has 0 aromatic heterocycles. The summed E-state index contributed by atoms with van der Waals surface area (Å²) in [5.74, 6) is 1.44. The van der Waals surface area contributed by atoms with Crippen molar-refractivity contribution < 1.29 is 9.47 Å². The molecule has 0 amide bonds. The highest BCUT2D eigenvalue weighted by molar-refractivity contribution is 9.10. The van der Waals surface area contributed by atoms with E-state index in [9.17, 15) is 0 Å². The zero-order valence-corrected chi connectivity index (χ0v) is 14.1. The van der Waals surface area contributed by atoms with Crippen molar-refractivity contribution in [1.82, 2.24) is 0 Å². The quantitative estimate of drug-likeness (QED) is 0.661. The second-order valence-corrected chi connectivity index (χ2v) is 5.87. The Balaban J connectivity index is 2.40. The molecule has 0 N–H and O–H groups in total. The van der Waals surface area contributed by atoms with Gasteiger partial charge in [-0.25, -0.2) is 0 Å². The van der Waals surface area contributed by atoms with E-state index in [4.69, 9.17) is 32.7 Å². The zero-order chi connectivity index (χ0) is 14.7. The Morgan fingerprint density at radius 1 is 1.00 bits per heavy atom. The van der Waals surface area contributed by atoms with Gasteiger partial charge < -0.3 is 9.47 Å². The molecule has 0 fully saturated rings. The lowest BCUT2D eigenvalue weighted by Crippen LogP contribution is -1.98. The molecule has 0 aliphatic heterocycles. The van der Waals surface area contributed by atoms with Gasteiger partial charge in [-0.15, -0.1) is 11.6 Å². The fraction of sp³-hybridized carbons (Fsp3) is 0.200. The van der Waals surface area contributed by atoms with E-state index in [0.29, 0.717) is 10.8 Å². The first-order chi connectivity index (χ1) is 9.56. The van der Waals surface area contributed by atoms with Crippen molar-refractivity contribution in [2.45, 2.75) is 5.38 Å². The second-order valence-electron chi connectivity index (χ2n) is 4.14. The summed E-state index contributed by atoms with van der Waals surface area (Å²) < 4.78 is 11.4. The van der Waals surface area contributed by atoms with E-state index >= 15 is 0 Å². The highest BCUT2D eigenvalue weighted by Gasteiger charge is 2.17. The first kappa shape index (κ1) is 15.5. The topological polar surface area (TPSA) is 18.5 Å². The number of methoxy groups -OCH3 is 2. The van der Waals surface area contributed by atoms with Gasteiger partial charge >= 0.3 is 0 Å². The minimum absolute atomic E-state index is 0.329. The largest absolute Gasteiger partial charge is 0.496 e. The maximum atomic E-state index is 6.55. The summed E-state index contributed by atoms with van der Waals surface area (Å²) in [6, 6.07) is 11.2. The molecule has 106 valence electrons. The van der Waals surface area contributed by atoms with Crippen LogP contribution in [0.5, 0.6) is 11.5 Å². The Labute approximate surface area is 136 Å². The van der Waals surface area contributed by atoms with E-state index in [1.54, 1.807) is 26.4 Å². The molecule has 0 aliphatic rings. The van der Waals surface area contributed by atoms with Gasteiger partial charge in [-0.3, -0.25) is 0 Å². The first-order valence-electron chi connectivity index (χ1n) is 5.87. The Bertz CT molecular complexity index is 617. The Morgan fingerprint density at radius 3 is 2.30 bits per heavy atom. The number of hydrogen-bond donors (Lipinski definition) is 0. The average Bonchev–Trinajstić information content (AvgIpc) is 2.46. The number of ether oxygens (including phenoxy) is 2. The molecule has 5 heteroatoms. The van der Waals surface area contributed by atoms with Crippen LogP contribution in [0.2, 0.25) is 5.02 Å². The van der Waals surface area contributed by atoms with Gasteiger partial charge in [-0.2, -0.15) is 0 Å². The number of hydrogen-bond acceptors (Lipinski definition) is 2. The van der Waals surface area contributed by atoms with E-state index in [1.807, 2.05) is 24.3 Å². The van der Waals surface area contributed by atoms with E-state index in [2.05, 4.69) is 15.9 Å². The van der Waals surface area contributed by atoms with Gasteiger partial charge in [0.05, 0.1) is 24.1 Å². The molecule has 0 radical (unpaired) electrons. The van der Waals surface area contributed by atoms with Crippen LogP contribution in [0.3, 0.4) is 0 Å². The Morgan fingerprint density at radius 2 is 1.70 bits per heavy atom. The first-order valence-corrected chi connectivity index (χ1v) is 7.48. The van der Waals surface area contributed by atoms with E-state index in [0.717, 1.165) is 21.3 Å². The van der Waals surface area contributed by atoms with Gasteiger partial charge in [-0.05, 0) is 45.8 Å². The Hall–Kier alpha value is -0.900. The van der Waals surface area contributed by atoms with Crippen LogP contribution in [0.25, 0.3) is 0 Å². The van der Waals surface area contributed by atoms with Crippen molar-refractivity contribution in [3.63, 3.8) is 0 Å². The molecule has 0 bridgehead atoms.